The Morgan fingerprint density at radius 1 is 0.426 bits per heavy atom. The molecule has 258 valence electrons. The highest BCUT2D eigenvalue weighted by molar-refractivity contribution is 7.26. The van der Waals surface area contributed by atoms with E-state index in [4.69, 9.17) is 0 Å². The molecular weight excluding hydrogens is 671 g/mol. The van der Waals surface area contributed by atoms with Crippen LogP contribution in [-0.4, -0.2) is 0 Å². The van der Waals surface area contributed by atoms with Crippen molar-refractivity contribution in [3.8, 4) is 33.4 Å². The van der Waals surface area contributed by atoms with Gasteiger partial charge in [-0.3, -0.25) is 0 Å². The molecule has 0 unspecified atom stereocenters. The van der Waals surface area contributed by atoms with Gasteiger partial charge in [0.25, 0.3) is 0 Å². The van der Waals surface area contributed by atoms with Crippen LogP contribution in [0.2, 0.25) is 0 Å². The summed E-state index contributed by atoms with van der Waals surface area (Å²) in [5.74, 6) is 0. The molecule has 0 N–H and O–H groups in total. The SMILES string of the molecule is CC1(C)c2ccccc2-c2ccc(N(c3ccc(-c4ccccc4)cc3)c3ccc4sc5c6ccccc6c6c(c5c4c3)C(C)(C)c3ccccc3-6)cc21. The third kappa shape index (κ3) is 4.32. The van der Waals surface area contributed by atoms with Gasteiger partial charge in [-0.05, 0) is 103 Å². The third-order valence-electron chi connectivity index (χ3n) is 12.4. The summed E-state index contributed by atoms with van der Waals surface area (Å²) >= 11 is 1.94. The van der Waals surface area contributed by atoms with Gasteiger partial charge in [-0.25, -0.2) is 0 Å². The molecule has 54 heavy (non-hydrogen) atoms. The lowest BCUT2D eigenvalue weighted by molar-refractivity contribution is 0.660. The maximum atomic E-state index is 2.47. The first-order chi connectivity index (χ1) is 26.3. The lowest BCUT2D eigenvalue weighted by Gasteiger charge is -2.28. The summed E-state index contributed by atoms with van der Waals surface area (Å²) < 4.78 is 2.71. The first-order valence-corrected chi connectivity index (χ1v) is 19.8. The second kappa shape index (κ2) is 11.3. The zero-order chi connectivity index (χ0) is 36.3. The van der Waals surface area contributed by atoms with Crippen molar-refractivity contribution in [2.24, 2.45) is 0 Å². The molecule has 9 aromatic rings. The standard InChI is InChI=1S/C52H39NS/c1-51(2)43-20-12-10-16-37(43)38-28-26-36(31-45(38)51)53(34-24-22-33(23-25-34)32-14-6-5-7-15-32)35-27-29-46-42(30-35)48-49-47(39-17-8-9-18-40(39)50(48)54-46)41-19-11-13-21-44(41)52(49,3)4/h5-31H,1-4H3. The summed E-state index contributed by atoms with van der Waals surface area (Å²) in [6.45, 7) is 9.58. The summed E-state index contributed by atoms with van der Waals surface area (Å²) in [6.07, 6.45) is 0. The van der Waals surface area contributed by atoms with E-state index in [1.165, 1.54) is 92.3 Å². The lowest BCUT2D eigenvalue weighted by atomic mass is 9.80. The van der Waals surface area contributed by atoms with E-state index in [2.05, 4.69) is 196 Å². The van der Waals surface area contributed by atoms with E-state index in [0.29, 0.717) is 0 Å². The lowest BCUT2D eigenvalue weighted by Crippen LogP contribution is -2.16. The Morgan fingerprint density at radius 3 is 1.78 bits per heavy atom. The molecule has 8 aromatic carbocycles. The van der Waals surface area contributed by atoms with E-state index < -0.39 is 0 Å². The summed E-state index contributed by atoms with van der Waals surface area (Å²) in [5.41, 5.74) is 16.8. The number of anilines is 3. The van der Waals surface area contributed by atoms with Crippen LogP contribution in [0.15, 0.2) is 164 Å². The van der Waals surface area contributed by atoms with Crippen LogP contribution in [0.1, 0.15) is 49.9 Å². The zero-order valence-electron chi connectivity index (χ0n) is 30.9. The molecule has 1 aromatic heterocycles. The maximum absolute atomic E-state index is 2.47. The normalized spacial score (nSPS) is 14.6. The number of hydrogen-bond acceptors (Lipinski definition) is 2. The minimum absolute atomic E-state index is 0.0967. The topological polar surface area (TPSA) is 3.24 Å². The van der Waals surface area contributed by atoms with Gasteiger partial charge in [0.15, 0.2) is 0 Å². The Hall–Kier alpha value is -5.96. The minimum atomic E-state index is -0.133. The fraction of sp³-hybridized carbons (Fsp3) is 0.115. The summed E-state index contributed by atoms with van der Waals surface area (Å²) in [5, 5.41) is 5.42. The molecule has 11 rings (SSSR count). The van der Waals surface area contributed by atoms with Gasteiger partial charge in [0.2, 0.25) is 0 Å². The molecular formula is C52H39NS. The van der Waals surface area contributed by atoms with Gasteiger partial charge >= 0.3 is 0 Å². The van der Waals surface area contributed by atoms with Crippen LogP contribution in [0.4, 0.5) is 17.1 Å². The van der Waals surface area contributed by atoms with Crippen molar-refractivity contribution < 1.29 is 0 Å². The molecule has 1 nitrogen and oxygen atoms in total. The molecule has 1 heterocycles. The molecule has 0 saturated heterocycles. The number of rotatable bonds is 4. The van der Waals surface area contributed by atoms with Gasteiger partial charge in [0, 0.05) is 53.5 Å². The predicted octanol–water partition coefficient (Wildman–Crippen LogP) is 15.0. The quantitative estimate of drug-likeness (QED) is 0.176. The fourth-order valence-electron chi connectivity index (χ4n) is 9.82. The van der Waals surface area contributed by atoms with Crippen LogP contribution in [0, 0.1) is 0 Å². The molecule has 0 saturated carbocycles. The fourth-order valence-corrected chi connectivity index (χ4v) is 11.0. The number of benzene rings is 8. The monoisotopic (exact) mass is 709 g/mol. The van der Waals surface area contributed by atoms with E-state index in [1.54, 1.807) is 0 Å². The van der Waals surface area contributed by atoms with Crippen molar-refractivity contribution in [3.05, 3.63) is 186 Å². The molecule has 2 aliphatic rings. The molecule has 0 atom stereocenters. The Bertz CT molecular complexity index is 2980. The third-order valence-corrected chi connectivity index (χ3v) is 13.6. The highest BCUT2D eigenvalue weighted by Crippen LogP contribution is 2.58. The maximum Gasteiger partial charge on any atom is 0.0468 e. The summed E-state index contributed by atoms with van der Waals surface area (Å²) in [4.78, 5) is 2.47. The molecule has 0 fully saturated rings. The van der Waals surface area contributed by atoms with Crippen molar-refractivity contribution in [3.63, 3.8) is 0 Å². The second-order valence-electron chi connectivity index (χ2n) is 16.1. The van der Waals surface area contributed by atoms with Gasteiger partial charge in [-0.2, -0.15) is 0 Å². The Balaban J connectivity index is 1.16. The van der Waals surface area contributed by atoms with Gasteiger partial charge in [-0.15, -0.1) is 11.3 Å². The van der Waals surface area contributed by atoms with E-state index in [0.717, 1.165) is 11.4 Å². The molecule has 2 aliphatic carbocycles. The first kappa shape index (κ1) is 31.6. The summed E-state index contributed by atoms with van der Waals surface area (Å²) in [7, 11) is 0. The van der Waals surface area contributed by atoms with Crippen molar-refractivity contribution in [2.45, 2.75) is 38.5 Å². The number of hydrogen-bond donors (Lipinski definition) is 0. The molecule has 0 bridgehead atoms. The van der Waals surface area contributed by atoms with Gasteiger partial charge in [-0.1, -0.05) is 149 Å². The van der Waals surface area contributed by atoms with Crippen LogP contribution in [0.5, 0.6) is 0 Å². The largest absolute Gasteiger partial charge is 0.310 e. The average Bonchev–Trinajstić information content (AvgIpc) is 3.78. The molecule has 0 aliphatic heterocycles. The van der Waals surface area contributed by atoms with Crippen LogP contribution in [0.3, 0.4) is 0 Å². The number of nitrogens with zero attached hydrogens (tertiary/aromatic N) is 1. The smallest absolute Gasteiger partial charge is 0.0468 e. The van der Waals surface area contributed by atoms with Crippen molar-refractivity contribution in [2.75, 3.05) is 4.90 Å². The van der Waals surface area contributed by atoms with E-state index in [1.807, 2.05) is 11.3 Å². The van der Waals surface area contributed by atoms with E-state index >= 15 is 0 Å². The van der Waals surface area contributed by atoms with Gasteiger partial charge in [0.1, 0.15) is 0 Å². The number of fused-ring (bicyclic) bond motifs is 13. The van der Waals surface area contributed by atoms with Crippen LogP contribution < -0.4 is 4.90 Å². The van der Waals surface area contributed by atoms with Crippen molar-refractivity contribution in [1.29, 1.82) is 0 Å². The minimum Gasteiger partial charge on any atom is -0.310 e. The first-order valence-electron chi connectivity index (χ1n) is 19.0. The highest BCUT2D eigenvalue weighted by atomic mass is 32.1. The van der Waals surface area contributed by atoms with Crippen molar-refractivity contribution >= 4 is 59.3 Å². The summed E-state index contributed by atoms with van der Waals surface area (Å²) in [6, 6.07) is 61.1. The molecule has 0 spiro atoms. The van der Waals surface area contributed by atoms with E-state index in [9.17, 15) is 0 Å². The van der Waals surface area contributed by atoms with E-state index in [-0.39, 0.29) is 10.8 Å². The Morgan fingerprint density at radius 2 is 1.00 bits per heavy atom. The average molecular weight is 710 g/mol. The molecule has 0 radical (unpaired) electrons. The highest BCUT2D eigenvalue weighted by Gasteiger charge is 2.39. The van der Waals surface area contributed by atoms with Crippen molar-refractivity contribution in [1.82, 2.24) is 0 Å². The van der Waals surface area contributed by atoms with Crippen LogP contribution in [-0.2, 0) is 10.8 Å². The zero-order valence-corrected chi connectivity index (χ0v) is 31.8. The number of thiophene rings is 1. The Kier molecular flexibility index (Phi) is 6.59. The van der Waals surface area contributed by atoms with Gasteiger partial charge < -0.3 is 4.90 Å². The van der Waals surface area contributed by atoms with Crippen LogP contribution >= 0.6 is 11.3 Å². The molecule has 2 heteroatoms. The molecule has 0 amide bonds. The van der Waals surface area contributed by atoms with Crippen LogP contribution in [0.25, 0.3) is 64.3 Å². The second-order valence-corrected chi connectivity index (χ2v) is 17.2. The Labute approximate surface area is 320 Å². The predicted molar refractivity (Wildman–Crippen MR) is 232 cm³/mol. The van der Waals surface area contributed by atoms with Gasteiger partial charge in [0.05, 0.1) is 0 Å².